The van der Waals surface area contributed by atoms with Gasteiger partial charge in [-0.1, -0.05) is 30.0 Å². The number of amides is 1. The Kier molecular flexibility index (Phi) is 7.33. The highest BCUT2D eigenvalue weighted by Crippen LogP contribution is 2.06. The summed E-state index contributed by atoms with van der Waals surface area (Å²) in [6.45, 7) is 3.21. The van der Waals surface area contributed by atoms with Crippen molar-refractivity contribution < 1.29 is 14.6 Å². The Morgan fingerprint density at radius 2 is 2.21 bits per heavy atom. The van der Waals surface area contributed by atoms with Crippen LogP contribution in [-0.2, 0) is 16.1 Å². The molecular weight excluding hydrogens is 242 g/mol. The van der Waals surface area contributed by atoms with E-state index in [1.807, 2.05) is 31.2 Å². The molecule has 0 fully saturated rings. The normalized spacial score (nSPS) is 9.58. The number of carbonyl (C=O) groups excluding carboxylic acids is 1. The molecule has 1 amide bonds. The van der Waals surface area contributed by atoms with E-state index in [1.54, 1.807) is 0 Å². The molecule has 0 aliphatic heterocycles. The van der Waals surface area contributed by atoms with Gasteiger partial charge < -0.3 is 15.2 Å². The van der Waals surface area contributed by atoms with Gasteiger partial charge in [0.25, 0.3) is 0 Å². The first-order chi connectivity index (χ1) is 9.27. The van der Waals surface area contributed by atoms with Gasteiger partial charge in [0.05, 0.1) is 6.61 Å². The maximum Gasteiger partial charge on any atom is 0.222 e. The van der Waals surface area contributed by atoms with Crippen molar-refractivity contribution in [3.05, 3.63) is 35.4 Å². The van der Waals surface area contributed by atoms with Crippen LogP contribution in [0.2, 0.25) is 0 Å². The zero-order valence-electron chi connectivity index (χ0n) is 11.1. The van der Waals surface area contributed by atoms with Crippen LogP contribution in [0.1, 0.15) is 24.5 Å². The molecule has 0 unspecified atom stereocenters. The van der Waals surface area contributed by atoms with Gasteiger partial charge in [-0.2, -0.15) is 0 Å². The first-order valence-corrected chi connectivity index (χ1v) is 6.30. The highest BCUT2D eigenvalue weighted by molar-refractivity contribution is 5.76. The monoisotopic (exact) mass is 261 g/mol. The molecule has 4 heteroatoms. The number of benzene rings is 1. The Labute approximate surface area is 113 Å². The molecule has 0 bridgehead atoms. The summed E-state index contributed by atoms with van der Waals surface area (Å²) in [5, 5.41) is 11.5. The molecular formula is C15H19NO3. The second-order valence-electron chi connectivity index (χ2n) is 3.84. The second kappa shape index (κ2) is 9.15. The molecule has 0 saturated heterocycles. The fourth-order valence-corrected chi connectivity index (χ4v) is 1.52. The van der Waals surface area contributed by atoms with Crippen molar-refractivity contribution in [3.8, 4) is 11.8 Å². The highest BCUT2D eigenvalue weighted by atomic mass is 16.5. The predicted octanol–water partition coefficient (Wildman–Crippen LogP) is 1.07. The Morgan fingerprint density at radius 3 is 2.95 bits per heavy atom. The van der Waals surface area contributed by atoms with Gasteiger partial charge in [-0.3, -0.25) is 4.79 Å². The van der Waals surface area contributed by atoms with Crippen LogP contribution in [0, 0.1) is 11.8 Å². The molecule has 0 atom stereocenters. The third kappa shape index (κ3) is 6.05. The lowest BCUT2D eigenvalue weighted by Crippen LogP contribution is -2.24. The van der Waals surface area contributed by atoms with Crippen LogP contribution in [0.3, 0.4) is 0 Å². The average Bonchev–Trinajstić information content (AvgIpc) is 2.44. The Morgan fingerprint density at radius 1 is 1.42 bits per heavy atom. The van der Waals surface area contributed by atoms with Crippen molar-refractivity contribution in [3.63, 3.8) is 0 Å². The number of aliphatic hydroxyl groups excluding tert-OH is 1. The van der Waals surface area contributed by atoms with Crippen LogP contribution in [-0.4, -0.2) is 30.8 Å². The molecule has 19 heavy (non-hydrogen) atoms. The van der Waals surface area contributed by atoms with Gasteiger partial charge >= 0.3 is 0 Å². The number of ether oxygens (including phenoxy) is 1. The number of nitrogens with one attached hydrogen (secondary N) is 1. The van der Waals surface area contributed by atoms with Crippen molar-refractivity contribution in [1.29, 1.82) is 0 Å². The number of aliphatic hydroxyl groups is 1. The third-order valence-corrected chi connectivity index (χ3v) is 2.47. The summed E-state index contributed by atoms with van der Waals surface area (Å²) in [5.41, 5.74) is 1.76. The van der Waals surface area contributed by atoms with Gasteiger partial charge in [-0.25, -0.2) is 0 Å². The highest BCUT2D eigenvalue weighted by Gasteiger charge is 2.03. The lowest BCUT2D eigenvalue weighted by Gasteiger charge is -2.07. The zero-order valence-corrected chi connectivity index (χ0v) is 11.1. The number of hydrogen-bond acceptors (Lipinski definition) is 3. The number of rotatable bonds is 6. The minimum Gasteiger partial charge on any atom is -0.384 e. The fourth-order valence-electron chi connectivity index (χ4n) is 1.52. The number of hydrogen-bond donors (Lipinski definition) is 2. The minimum absolute atomic E-state index is 0.0432. The fraction of sp³-hybridized carbons (Fsp3) is 0.400. The molecule has 1 aromatic rings. The smallest absolute Gasteiger partial charge is 0.222 e. The zero-order chi connectivity index (χ0) is 13.9. The van der Waals surface area contributed by atoms with Gasteiger partial charge in [0, 0.05) is 25.1 Å². The molecule has 0 aromatic heterocycles. The molecule has 0 radical (unpaired) electrons. The van der Waals surface area contributed by atoms with Crippen LogP contribution in [0.4, 0.5) is 0 Å². The molecule has 2 N–H and O–H groups in total. The molecule has 0 aliphatic rings. The Bertz CT molecular complexity index is 460. The average molecular weight is 261 g/mol. The van der Waals surface area contributed by atoms with E-state index in [4.69, 9.17) is 9.84 Å². The van der Waals surface area contributed by atoms with Crippen molar-refractivity contribution >= 4 is 5.91 Å². The standard InChI is InChI=1S/C15H19NO3/c1-2-19-11-9-15(18)16-12-14-7-4-3-6-13(14)8-5-10-17/h3-4,6-7,17H,2,9-12H2,1H3,(H,16,18). The molecule has 1 rings (SSSR count). The van der Waals surface area contributed by atoms with E-state index < -0.39 is 0 Å². The van der Waals surface area contributed by atoms with E-state index in [1.165, 1.54) is 0 Å². The summed E-state index contributed by atoms with van der Waals surface area (Å²) < 4.78 is 5.12. The third-order valence-electron chi connectivity index (χ3n) is 2.47. The summed E-state index contributed by atoms with van der Waals surface area (Å²) in [6.07, 6.45) is 0.359. The van der Waals surface area contributed by atoms with Gasteiger partial charge in [-0.05, 0) is 18.6 Å². The topological polar surface area (TPSA) is 58.6 Å². The second-order valence-corrected chi connectivity index (χ2v) is 3.84. The largest absolute Gasteiger partial charge is 0.384 e. The van der Waals surface area contributed by atoms with Crippen molar-refractivity contribution in [2.45, 2.75) is 19.9 Å². The first-order valence-electron chi connectivity index (χ1n) is 6.30. The quantitative estimate of drug-likeness (QED) is 0.595. The van der Waals surface area contributed by atoms with Crippen LogP contribution >= 0.6 is 0 Å². The lowest BCUT2D eigenvalue weighted by molar-refractivity contribution is -0.122. The van der Waals surface area contributed by atoms with Gasteiger partial charge in [0.1, 0.15) is 6.61 Å². The van der Waals surface area contributed by atoms with E-state index >= 15 is 0 Å². The van der Waals surface area contributed by atoms with Crippen LogP contribution in [0.25, 0.3) is 0 Å². The van der Waals surface area contributed by atoms with Crippen LogP contribution in [0.5, 0.6) is 0 Å². The molecule has 0 aliphatic carbocycles. The van der Waals surface area contributed by atoms with Gasteiger partial charge in [0.15, 0.2) is 0 Å². The molecule has 4 nitrogen and oxygen atoms in total. The molecule has 102 valence electrons. The predicted molar refractivity (Wildman–Crippen MR) is 73.4 cm³/mol. The molecule has 0 heterocycles. The lowest BCUT2D eigenvalue weighted by atomic mass is 10.1. The van der Waals surface area contributed by atoms with Crippen molar-refractivity contribution in [2.24, 2.45) is 0 Å². The summed E-state index contributed by atoms with van der Waals surface area (Å²) in [4.78, 5) is 11.5. The van der Waals surface area contributed by atoms with E-state index in [-0.39, 0.29) is 12.5 Å². The molecule has 1 aromatic carbocycles. The summed E-state index contributed by atoms with van der Waals surface area (Å²) in [5.74, 6) is 5.43. The maximum atomic E-state index is 11.5. The van der Waals surface area contributed by atoms with Crippen LogP contribution in [0.15, 0.2) is 24.3 Å². The maximum absolute atomic E-state index is 11.5. The van der Waals surface area contributed by atoms with Gasteiger partial charge in [-0.15, -0.1) is 0 Å². The Hall–Kier alpha value is -1.83. The molecule has 0 spiro atoms. The number of carbonyl (C=O) groups is 1. The first kappa shape index (κ1) is 15.2. The van der Waals surface area contributed by atoms with E-state index in [9.17, 15) is 4.79 Å². The van der Waals surface area contributed by atoms with E-state index in [2.05, 4.69) is 17.2 Å². The molecule has 0 saturated carbocycles. The summed E-state index contributed by atoms with van der Waals surface area (Å²) in [6, 6.07) is 7.54. The van der Waals surface area contributed by atoms with Crippen molar-refractivity contribution in [1.82, 2.24) is 5.32 Å². The van der Waals surface area contributed by atoms with E-state index in [0.717, 1.165) is 11.1 Å². The summed E-state index contributed by atoms with van der Waals surface area (Å²) in [7, 11) is 0. The van der Waals surface area contributed by atoms with Gasteiger partial charge in [0.2, 0.25) is 5.91 Å². The summed E-state index contributed by atoms with van der Waals surface area (Å²) >= 11 is 0. The van der Waals surface area contributed by atoms with Crippen LogP contribution < -0.4 is 5.32 Å². The minimum atomic E-state index is -0.172. The van der Waals surface area contributed by atoms with E-state index in [0.29, 0.717) is 26.2 Å². The van der Waals surface area contributed by atoms with Crippen molar-refractivity contribution in [2.75, 3.05) is 19.8 Å². The Balaban J connectivity index is 2.50. The SMILES string of the molecule is CCOCCC(=O)NCc1ccccc1C#CCO.